The normalized spacial score (nSPS) is 34.7. The third kappa shape index (κ3) is 2.34. The van der Waals surface area contributed by atoms with Gasteiger partial charge in [0.05, 0.1) is 39.6 Å². The van der Waals surface area contributed by atoms with Crippen LogP contribution in [0.25, 0.3) is 0 Å². The van der Waals surface area contributed by atoms with Crippen molar-refractivity contribution >= 4 is 40.6 Å². The fourth-order valence-corrected chi connectivity index (χ4v) is 9.62. The van der Waals surface area contributed by atoms with Gasteiger partial charge in [0.1, 0.15) is 5.76 Å². The zero-order chi connectivity index (χ0) is 21.7. The molecule has 3 aromatic rings. The number of aromatic amines is 1. The van der Waals surface area contributed by atoms with Crippen LogP contribution in [0.15, 0.2) is 56.9 Å². The van der Waals surface area contributed by atoms with Crippen molar-refractivity contribution in [1.29, 1.82) is 0 Å². The van der Waals surface area contributed by atoms with Gasteiger partial charge in [-0.3, -0.25) is 19.3 Å². The number of nitrogens with one attached hydrogen (secondary N) is 1. The van der Waals surface area contributed by atoms with Crippen LogP contribution in [-0.4, -0.2) is 22.0 Å². The lowest BCUT2D eigenvalue weighted by atomic mass is 9.69. The molecular formula is C24H20N2O4S2. The van der Waals surface area contributed by atoms with E-state index >= 15 is 0 Å². The van der Waals surface area contributed by atoms with Gasteiger partial charge in [-0.05, 0) is 55.4 Å². The summed E-state index contributed by atoms with van der Waals surface area (Å²) in [5.74, 6) is 0.509. The fourth-order valence-electron chi connectivity index (χ4n) is 6.75. The highest BCUT2D eigenvalue weighted by molar-refractivity contribution is 8.00. The van der Waals surface area contributed by atoms with Crippen molar-refractivity contribution in [2.75, 3.05) is 4.90 Å². The summed E-state index contributed by atoms with van der Waals surface area (Å²) in [6.45, 7) is 1.99. The summed E-state index contributed by atoms with van der Waals surface area (Å²) < 4.78 is 5.84. The smallest absolute Gasteiger partial charge is 0.305 e. The second-order valence-corrected chi connectivity index (χ2v) is 11.5. The maximum absolute atomic E-state index is 13.6. The lowest BCUT2D eigenvalue weighted by Crippen LogP contribution is -2.42. The largest absolute Gasteiger partial charge is 0.469 e. The Hall–Kier alpha value is -2.58. The van der Waals surface area contributed by atoms with Crippen LogP contribution in [0.1, 0.15) is 28.5 Å². The van der Waals surface area contributed by atoms with E-state index in [-0.39, 0.29) is 57.4 Å². The molecule has 1 saturated heterocycles. The second kappa shape index (κ2) is 6.48. The van der Waals surface area contributed by atoms with Crippen molar-refractivity contribution in [2.45, 2.75) is 29.5 Å². The van der Waals surface area contributed by atoms with Crippen LogP contribution < -0.4 is 9.77 Å². The van der Waals surface area contributed by atoms with Gasteiger partial charge >= 0.3 is 4.87 Å². The number of carbonyl (C=O) groups is 2. The summed E-state index contributed by atoms with van der Waals surface area (Å²) in [6.07, 6.45) is 2.55. The second-order valence-electron chi connectivity index (χ2n) is 9.32. The highest BCUT2D eigenvalue weighted by Crippen LogP contribution is 2.68. The average molecular weight is 465 g/mol. The van der Waals surface area contributed by atoms with Gasteiger partial charge in [-0.1, -0.05) is 29.0 Å². The van der Waals surface area contributed by atoms with Crippen molar-refractivity contribution in [3.05, 3.63) is 68.5 Å². The molecule has 0 radical (unpaired) electrons. The monoisotopic (exact) mass is 464 g/mol. The van der Waals surface area contributed by atoms with E-state index in [0.717, 1.165) is 27.6 Å². The summed E-state index contributed by atoms with van der Waals surface area (Å²) in [5, 5.41) is 1.09. The zero-order valence-corrected chi connectivity index (χ0v) is 18.8. The number of thioether (sulfide) groups is 1. The Morgan fingerprint density at radius 2 is 1.78 bits per heavy atom. The van der Waals surface area contributed by atoms with Crippen LogP contribution in [0.5, 0.6) is 0 Å². The molecule has 6 nitrogen and oxygen atoms in total. The summed E-state index contributed by atoms with van der Waals surface area (Å²) in [7, 11) is 0. The number of rotatable bonds is 2. The first-order valence-corrected chi connectivity index (χ1v) is 12.6. The lowest BCUT2D eigenvalue weighted by Gasteiger charge is -2.42. The molecule has 8 heteroatoms. The first-order valence-electron chi connectivity index (χ1n) is 10.9. The van der Waals surface area contributed by atoms with E-state index in [1.165, 1.54) is 16.2 Å². The van der Waals surface area contributed by atoms with Gasteiger partial charge in [-0.15, -0.1) is 11.8 Å². The Balaban J connectivity index is 1.32. The quantitative estimate of drug-likeness (QED) is 0.580. The van der Waals surface area contributed by atoms with Crippen molar-refractivity contribution in [1.82, 2.24) is 4.98 Å². The number of aryl methyl sites for hydroxylation is 1. The number of fused-ring (bicyclic) bond motifs is 9. The molecule has 2 aliphatic heterocycles. The number of H-pyrrole nitrogens is 1. The molecule has 2 amide bonds. The molecule has 1 aromatic carbocycles. The van der Waals surface area contributed by atoms with Gasteiger partial charge in [-0.25, -0.2) is 0 Å². The Kier molecular flexibility index (Phi) is 3.84. The molecule has 32 heavy (non-hydrogen) atoms. The highest BCUT2D eigenvalue weighted by Gasteiger charge is 2.70. The Morgan fingerprint density at radius 3 is 2.50 bits per heavy atom. The number of amides is 2. The van der Waals surface area contributed by atoms with Crippen LogP contribution in [0.3, 0.4) is 0 Å². The van der Waals surface area contributed by atoms with Crippen LogP contribution in [0.2, 0.25) is 0 Å². The molecule has 0 unspecified atom stereocenters. The standard InChI is InChI=1S/C24H20N2O4S2/c1-10-4-6-11(7-5-10)26-22(27)16-12-9-13(17(16)23(26)28)19-15(12)18(14-3-2-8-30-14)20-21(31-19)25-24(29)32-20/h2-8,12-13,15-19H,9H2,1H3,(H,25,29)/t12-,13-,15+,16-,17-,18-,19+/m1/s1. The average Bonchev–Trinajstić information content (AvgIpc) is 3.57. The number of hydrogen-bond donors (Lipinski definition) is 1. The SMILES string of the molecule is Cc1ccc(N2C(=O)[C@@H]3[C@H]4C[C@@H]([C@H]3C2=O)[C@H]2[C@@H](c3ccco3)c3sc(=O)[nH]c3S[C@@H]42)cc1. The Labute approximate surface area is 192 Å². The van der Waals surface area contributed by atoms with Crippen LogP contribution in [0.4, 0.5) is 5.69 Å². The third-order valence-electron chi connectivity index (χ3n) is 7.87. The number of carbonyl (C=O) groups excluding carboxylic acids is 2. The van der Waals surface area contributed by atoms with Gasteiger partial charge in [0, 0.05) is 5.25 Å². The number of benzene rings is 1. The molecular weight excluding hydrogens is 444 g/mol. The first-order chi connectivity index (χ1) is 15.5. The molecule has 2 aromatic heterocycles. The molecule has 162 valence electrons. The van der Waals surface area contributed by atoms with E-state index in [2.05, 4.69) is 4.98 Å². The van der Waals surface area contributed by atoms with Crippen molar-refractivity contribution in [2.24, 2.45) is 29.6 Å². The van der Waals surface area contributed by atoms with E-state index in [4.69, 9.17) is 4.42 Å². The Morgan fingerprint density at radius 1 is 1.03 bits per heavy atom. The molecule has 3 fully saturated rings. The highest BCUT2D eigenvalue weighted by atomic mass is 32.2. The molecule has 4 heterocycles. The van der Waals surface area contributed by atoms with E-state index in [1.807, 2.05) is 43.3 Å². The summed E-state index contributed by atoms with van der Waals surface area (Å²) in [4.78, 5) is 44.7. The van der Waals surface area contributed by atoms with Crippen molar-refractivity contribution < 1.29 is 14.0 Å². The van der Waals surface area contributed by atoms with Gasteiger partial charge in [0.15, 0.2) is 0 Å². The summed E-state index contributed by atoms with van der Waals surface area (Å²) >= 11 is 2.94. The number of furan rings is 1. The Bertz CT molecular complexity index is 1310. The number of nitrogens with zero attached hydrogens (tertiary/aromatic N) is 1. The first kappa shape index (κ1) is 18.9. The molecule has 2 aliphatic carbocycles. The van der Waals surface area contributed by atoms with Crippen LogP contribution in [-0.2, 0) is 9.59 Å². The van der Waals surface area contributed by atoms with Crippen molar-refractivity contribution in [3.63, 3.8) is 0 Å². The topological polar surface area (TPSA) is 83.4 Å². The maximum Gasteiger partial charge on any atom is 0.305 e. The number of thiazole rings is 1. The van der Waals surface area contributed by atoms with E-state index < -0.39 is 0 Å². The minimum atomic E-state index is -0.287. The summed E-state index contributed by atoms with van der Waals surface area (Å²) in [5.41, 5.74) is 1.76. The molecule has 2 bridgehead atoms. The van der Waals surface area contributed by atoms with Gasteiger partial charge in [0.25, 0.3) is 0 Å². The minimum Gasteiger partial charge on any atom is -0.469 e. The minimum absolute atomic E-state index is 0.0533. The molecule has 4 aliphatic rings. The van der Waals surface area contributed by atoms with E-state index in [9.17, 15) is 14.4 Å². The molecule has 7 atom stereocenters. The van der Waals surface area contributed by atoms with Gasteiger partial charge in [-0.2, -0.15) is 0 Å². The maximum atomic E-state index is 13.6. The predicted molar refractivity (Wildman–Crippen MR) is 121 cm³/mol. The summed E-state index contributed by atoms with van der Waals surface area (Å²) in [6, 6.07) is 11.5. The number of aromatic nitrogens is 1. The van der Waals surface area contributed by atoms with E-state index in [0.29, 0.717) is 5.69 Å². The van der Waals surface area contributed by atoms with Crippen molar-refractivity contribution in [3.8, 4) is 0 Å². The molecule has 1 N–H and O–H groups in total. The van der Waals surface area contributed by atoms with Gasteiger partial charge in [0.2, 0.25) is 11.8 Å². The molecule has 2 saturated carbocycles. The number of imide groups is 1. The number of anilines is 1. The third-order valence-corrected chi connectivity index (χ3v) is 10.5. The molecule has 7 rings (SSSR count). The zero-order valence-electron chi connectivity index (χ0n) is 17.2. The fraction of sp³-hybridized carbons (Fsp3) is 0.375. The number of hydrogen-bond acceptors (Lipinski definition) is 6. The van der Waals surface area contributed by atoms with E-state index in [1.54, 1.807) is 18.0 Å². The van der Waals surface area contributed by atoms with Crippen LogP contribution >= 0.6 is 23.1 Å². The molecule has 0 spiro atoms. The van der Waals surface area contributed by atoms with Gasteiger partial charge < -0.3 is 9.40 Å². The lowest BCUT2D eigenvalue weighted by molar-refractivity contribution is -0.123. The van der Waals surface area contributed by atoms with Crippen LogP contribution in [0, 0.1) is 36.5 Å². The predicted octanol–water partition coefficient (Wildman–Crippen LogP) is 4.02.